The fraction of sp³-hybridized carbons (Fsp3) is 0.524. The topological polar surface area (TPSA) is 165 Å². The summed E-state index contributed by atoms with van der Waals surface area (Å²) in [5.74, 6) is 4.74. The van der Waals surface area contributed by atoms with Gasteiger partial charge in [0.1, 0.15) is 5.75 Å². The Balaban J connectivity index is 0.000000683. The number of rotatable bonds is 13. The van der Waals surface area contributed by atoms with Crippen LogP contribution in [0.2, 0.25) is 0 Å². The van der Waals surface area contributed by atoms with Crippen molar-refractivity contribution in [2.45, 2.75) is 57.1 Å². The molecule has 1 aromatic rings. The number of amidine groups is 1. The molecule has 1 aromatic carbocycles. The summed E-state index contributed by atoms with van der Waals surface area (Å²) in [5, 5.41) is 12.1. The van der Waals surface area contributed by atoms with Crippen molar-refractivity contribution in [3.63, 3.8) is 0 Å². The van der Waals surface area contributed by atoms with E-state index in [1.54, 1.807) is 30.1 Å². The van der Waals surface area contributed by atoms with Gasteiger partial charge in [0.05, 0.1) is 10.8 Å². The average Bonchev–Trinajstić information content (AvgIpc) is 2.75. The van der Waals surface area contributed by atoms with E-state index in [2.05, 4.69) is 12.0 Å². The molecule has 0 spiro atoms. The third-order valence-corrected chi connectivity index (χ3v) is 5.30. The van der Waals surface area contributed by atoms with Crippen molar-refractivity contribution in [3.8, 4) is 5.75 Å². The van der Waals surface area contributed by atoms with E-state index in [1.807, 2.05) is 0 Å². The molecular weight excluding hydrogens is 418 g/mol. The van der Waals surface area contributed by atoms with E-state index < -0.39 is 0 Å². The summed E-state index contributed by atoms with van der Waals surface area (Å²) in [7, 11) is 1.70. The minimum atomic E-state index is -0.357. The summed E-state index contributed by atoms with van der Waals surface area (Å²) < 4.78 is 0. The van der Waals surface area contributed by atoms with E-state index in [0.29, 0.717) is 18.5 Å². The second-order valence-corrected chi connectivity index (χ2v) is 7.97. The molecule has 10 heteroatoms. The van der Waals surface area contributed by atoms with E-state index in [0.717, 1.165) is 49.5 Å². The zero-order chi connectivity index (χ0) is 23.6. The second kappa shape index (κ2) is 17.0. The number of thioether (sulfide) groups is 1. The predicted molar refractivity (Wildman–Crippen MR) is 126 cm³/mol. The molecule has 0 bridgehead atoms. The lowest BCUT2D eigenvalue weighted by Gasteiger charge is -2.22. The van der Waals surface area contributed by atoms with Crippen molar-refractivity contribution in [1.82, 2.24) is 4.90 Å². The number of carbonyl (C=O) groups is 3. The zero-order valence-corrected chi connectivity index (χ0v) is 19.1. The van der Waals surface area contributed by atoms with Gasteiger partial charge in [-0.3, -0.25) is 14.4 Å². The summed E-state index contributed by atoms with van der Waals surface area (Å²) in [6.45, 7) is 2.63. The molecule has 0 aliphatic carbocycles. The van der Waals surface area contributed by atoms with E-state index in [1.165, 1.54) is 6.07 Å². The number of hydrogen-bond acceptors (Lipinski definition) is 7. The highest BCUT2D eigenvalue weighted by molar-refractivity contribution is 8.13. The highest BCUT2D eigenvalue weighted by Crippen LogP contribution is 2.19. The van der Waals surface area contributed by atoms with Crippen molar-refractivity contribution < 1.29 is 19.5 Å². The molecule has 0 aliphatic rings. The molecule has 7 N–H and O–H groups in total. The van der Waals surface area contributed by atoms with Crippen LogP contribution in [0.25, 0.3) is 0 Å². The van der Waals surface area contributed by atoms with E-state index >= 15 is 0 Å². The first-order valence-corrected chi connectivity index (χ1v) is 11.2. The van der Waals surface area contributed by atoms with Crippen LogP contribution in [-0.4, -0.2) is 52.1 Å². The molecule has 1 atom stereocenters. The normalized spacial score (nSPS) is 11.7. The van der Waals surface area contributed by atoms with Crippen LogP contribution in [-0.2, 0) is 14.4 Å². The number of unbranched alkanes of at least 4 members (excludes halogenated alkanes) is 3. The smallest absolute Gasteiger partial charge is 0.235 e. The summed E-state index contributed by atoms with van der Waals surface area (Å²) in [5.41, 5.74) is 11.6. The van der Waals surface area contributed by atoms with Gasteiger partial charge in [0.15, 0.2) is 11.5 Å². The summed E-state index contributed by atoms with van der Waals surface area (Å²) in [4.78, 5) is 35.1. The standard InChI is InChI=1S/C14H26N2O3S.C7H9N3O/c1-3-4-5-6-8-12(20-11-17)14(19)16(2)10-7-9-13(15)18;8-7(10-9)5-3-1-2-4-6(5)11/h11-12H,3-10H2,1-2H3,(H2,15,18);1-4,11H,9H2,(H2,8,10). The molecule has 1 rings (SSSR count). The fourth-order valence-corrected chi connectivity index (χ4v) is 3.41. The molecule has 0 heterocycles. The van der Waals surface area contributed by atoms with Gasteiger partial charge in [0.2, 0.25) is 11.8 Å². The first kappa shape index (κ1) is 28.2. The Morgan fingerprint density at radius 2 is 1.87 bits per heavy atom. The van der Waals surface area contributed by atoms with E-state index in [9.17, 15) is 19.5 Å². The van der Waals surface area contributed by atoms with Gasteiger partial charge in [-0.25, -0.2) is 0 Å². The highest BCUT2D eigenvalue weighted by atomic mass is 32.2. The molecule has 0 aromatic heterocycles. The minimum absolute atomic E-state index is 0.0388. The van der Waals surface area contributed by atoms with E-state index in [4.69, 9.17) is 17.3 Å². The Kier molecular flexibility index (Phi) is 15.5. The Morgan fingerprint density at radius 1 is 1.19 bits per heavy atom. The lowest BCUT2D eigenvalue weighted by atomic mass is 10.1. The molecule has 1 unspecified atom stereocenters. The SMILES string of the molecule is CCCCCCC(SC=O)C(=O)N(C)CCCC(N)=O.N/N=C(\N)c1ccccc1O. The Hall–Kier alpha value is -2.75. The minimum Gasteiger partial charge on any atom is -0.507 e. The van der Waals surface area contributed by atoms with Gasteiger partial charge in [0.25, 0.3) is 0 Å². The highest BCUT2D eigenvalue weighted by Gasteiger charge is 2.22. The van der Waals surface area contributed by atoms with Crippen LogP contribution in [0.3, 0.4) is 0 Å². The number of para-hydroxylation sites is 1. The third-order valence-electron chi connectivity index (χ3n) is 4.43. The number of nitrogens with two attached hydrogens (primary N) is 3. The lowest BCUT2D eigenvalue weighted by molar-refractivity contribution is -0.130. The number of aromatic hydroxyl groups is 1. The number of carbonyl (C=O) groups excluding carboxylic acids is 3. The van der Waals surface area contributed by atoms with Crippen molar-refractivity contribution >= 4 is 35.0 Å². The van der Waals surface area contributed by atoms with Crippen LogP contribution in [0.15, 0.2) is 29.4 Å². The van der Waals surface area contributed by atoms with Crippen LogP contribution in [0.4, 0.5) is 0 Å². The quantitative estimate of drug-likeness (QED) is 0.0884. The molecule has 31 heavy (non-hydrogen) atoms. The fourth-order valence-electron chi connectivity index (χ4n) is 2.68. The van der Waals surface area contributed by atoms with Crippen LogP contribution >= 0.6 is 11.8 Å². The number of phenols is 1. The van der Waals surface area contributed by atoms with Gasteiger partial charge in [0, 0.05) is 20.0 Å². The average molecular weight is 454 g/mol. The zero-order valence-electron chi connectivity index (χ0n) is 18.3. The maximum Gasteiger partial charge on any atom is 0.235 e. The van der Waals surface area contributed by atoms with Crippen LogP contribution in [0.5, 0.6) is 5.75 Å². The summed E-state index contributed by atoms with van der Waals surface area (Å²) in [6, 6.07) is 6.60. The molecular formula is C21H35N5O4S. The number of amides is 2. The molecule has 174 valence electrons. The largest absolute Gasteiger partial charge is 0.507 e. The summed E-state index contributed by atoms with van der Waals surface area (Å²) >= 11 is 1.05. The number of nitrogens with zero attached hydrogens (tertiary/aromatic N) is 2. The Labute approximate surface area is 188 Å². The van der Waals surface area contributed by atoms with Gasteiger partial charge < -0.3 is 27.3 Å². The van der Waals surface area contributed by atoms with Gasteiger partial charge in [-0.05, 0) is 25.0 Å². The van der Waals surface area contributed by atoms with Crippen molar-refractivity contribution in [2.24, 2.45) is 22.4 Å². The second-order valence-electron chi connectivity index (χ2n) is 6.93. The first-order valence-electron chi connectivity index (χ1n) is 10.2. The molecule has 0 aliphatic heterocycles. The molecule has 0 fully saturated rings. The number of primary amides is 1. The van der Waals surface area contributed by atoms with Crippen molar-refractivity contribution in [2.75, 3.05) is 13.6 Å². The van der Waals surface area contributed by atoms with Crippen molar-refractivity contribution in [3.05, 3.63) is 29.8 Å². The lowest BCUT2D eigenvalue weighted by Crippen LogP contribution is -2.35. The van der Waals surface area contributed by atoms with Crippen LogP contribution in [0.1, 0.15) is 57.4 Å². The van der Waals surface area contributed by atoms with Crippen LogP contribution < -0.4 is 17.3 Å². The molecule has 0 saturated carbocycles. The van der Waals surface area contributed by atoms with Gasteiger partial charge in [-0.2, -0.15) is 5.10 Å². The molecule has 9 nitrogen and oxygen atoms in total. The number of hydrazone groups is 1. The summed E-state index contributed by atoms with van der Waals surface area (Å²) in [6.07, 6.45) is 5.91. The van der Waals surface area contributed by atoms with E-state index in [-0.39, 0.29) is 35.1 Å². The van der Waals surface area contributed by atoms with Gasteiger partial charge in [-0.15, -0.1) is 0 Å². The van der Waals surface area contributed by atoms with Crippen LogP contribution in [0, 0.1) is 0 Å². The monoisotopic (exact) mass is 453 g/mol. The maximum atomic E-state index is 12.2. The Bertz CT molecular complexity index is 715. The number of phenolic OH excluding ortho intramolecular Hbond substituents is 1. The third kappa shape index (κ3) is 12.5. The number of hydrogen-bond donors (Lipinski definition) is 4. The maximum absolute atomic E-state index is 12.2. The first-order chi connectivity index (χ1) is 14.8. The van der Waals surface area contributed by atoms with Crippen molar-refractivity contribution in [1.29, 1.82) is 0 Å². The molecule has 2 amide bonds. The molecule has 0 saturated heterocycles. The number of benzene rings is 1. The van der Waals surface area contributed by atoms with Gasteiger partial charge >= 0.3 is 0 Å². The predicted octanol–water partition coefficient (Wildman–Crippen LogP) is 1.94. The van der Waals surface area contributed by atoms with Gasteiger partial charge in [-0.1, -0.05) is 56.5 Å². The molecule has 0 radical (unpaired) electrons. The Morgan fingerprint density at radius 3 is 2.42 bits per heavy atom.